The maximum absolute atomic E-state index is 11.4. The first-order valence-electron chi connectivity index (χ1n) is 16.2. The van der Waals surface area contributed by atoms with Gasteiger partial charge in [0.15, 0.2) is 0 Å². The molecule has 6 heterocycles. The van der Waals surface area contributed by atoms with Crippen LogP contribution in [0.2, 0.25) is 0 Å². The van der Waals surface area contributed by atoms with Gasteiger partial charge in [0.05, 0.1) is 54.0 Å². The van der Waals surface area contributed by atoms with Gasteiger partial charge >= 0.3 is 7.12 Å². The molecule has 0 atom stereocenters. The van der Waals surface area contributed by atoms with Crippen molar-refractivity contribution in [3.05, 3.63) is 170 Å². The van der Waals surface area contributed by atoms with E-state index in [4.69, 9.17) is 10.0 Å². The number of pyridine rings is 2. The van der Waals surface area contributed by atoms with Crippen LogP contribution in [0.3, 0.4) is 0 Å². The monoisotopic (exact) mass is 748 g/mol. The highest BCUT2D eigenvalue weighted by Crippen LogP contribution is 2.40. The quantitative estimate of drug-likeness (QED) is 0.105. The maximum Gasteiger partial charge on any atom is 0.495 e. The van der Waals surface area contributed by atoms with E-state index in [1.54, 1.807) is 12.1 Å². The molecule has 6 aromatic heterocycles. The van der Waals surface area contributed by atoms with E-state index in [2.05, 4.69) is 97.5 Å². The van der Waals surface area contributed by atoms with Crippen LogP contribution in [-0.2, 0) is 0 Å². The highest BCUT2D eigenvalue weighted by Gasteiger charge is 2.23. The van der Waals surface area contributed by atoms with Crippen molar-refractivity contribution in [2.75, 3.05) is 0 Å². The molecule has 0 radical (unpaired) electrons. The Balaban J connectivity index is 0.000000120. The normalized spacial score (nSPS) is 11.3. The molecule has 4 aromatic carbocycles. The SMILES string of the molecule is Brc1cc2c3ccccc3c3cccc1n32.O=[N+]([O-])c1ccccc1-c1cc2c3ccccc3c3cccc1n32.O=[N+]([O-])c1ccccc1B(O)O. The summed E-state index contributed by atoms with van der Waals surface area (Å²) < 4.78 is 5.67. The average Bonchev–Trinajstić information content (AvgIpc) is 3.91. The van der Waals surface area contributed by atoms with Crippen LogP contribution < -0.4 is 5.46 Å². The molecule has 0 amide bonds. The van der Waals surface area contributed by atoms with E-state index >= 15 is 0 Å². The largest absolute Gasteiger partial charge is 0.495 e. The lowest BCUT2D eigenvalue weighted by molar-refractivity contribution is -0.384. The molecule has 252 valence electrons. The molecule has 0 aliphatic heterocycles. The van der Waals surface area contributed by atoms with Gasteiger partial charge in [-0.1, -0.05) is 91.0 Å². The van der Waals surface area contributed by atoms with E-state index < -0.39 is 12.0 Å². The van der Waals surface area contributed by atoms with E-state index in [0.29, 0.717) is 5.56 Å². The average molecular weight is 749 g/mol. The van der Waals surface area contributed by atoms with Crippen molar-refractivity contribution in [2.45, 2.75) is 0 Å². The Hall–Kier alpha value is -6.34. The van der Waals surface area contributed by atoms with Gasteiger partial charge in [-0.25, -0.2) is 0 Å². The van der Waals surface area contributed by atoms with Gasteiger partial charge in [-0.2, -0.15) is 0 Å². The Labute approximate surface area is 303 Å². The van der Waals surface area contributed by atoms with E-state index in [9.17, 15) is 20.2 Å². The van der Waals surface area contributed by atoms with E-state index in [1.165, 1.54) is 66.8 Å². The summed E-state index contributed by atoms with van der Waals surface area (Å²) in [6, 6.07) is 46.0. The minimum atomic E-state index is -1.80. The van der Waals surface area contributed by atoms with Gasteiger partial charge in [-0.15, -0.1) is 0 Å². The van der Waals surface area contributed by atoms with Crippen LogP contribution >= 0.6 is 15.9 Å². The number of aromatic nitrogens is 2. The summed E-state index contributed by atoms with van der Waals surface area (Å²) in [7, 11) is -1.80. The number of fused-ring (bicyclic) bond motifs is 6. The molecule has 0 saturated carbocycles. The number of rotatable bonds is 4. The molecule has 0 spiro atoms. The van der Waals surface area contributed by atoms with Crippen molar-refractivity contribution < 1.29 is 19.9 Å². The molecule has 0 aliphatic carbocycles. The zero-order chi connectivity index (χ0) is 36.1. The Morgan fingerprint density at radius 3 is 1.48 bits per heavy atom. The Bertz CT molecular complexity index is 2940. The zero-order valence-electron chi connectivity index (χ0n) is 27.1. The molecule has 10 aromatic rings. The van der Waals surface area contributed by atoms with Gasteiger partial charge in [0.1, 0.15) is 0 Å². The van der Waals surface area contributed by atoms with Crippen LogP contribution in [0.25, 0.3) is 65.8 Å². The second kappa shape index (κ2) is 13.1. The molecular formula is C40H26BBrN4O6. The van der Waals surface area contributed by atoms with Crippen LogP contribution in [0.1, 0.15) is 0 Å². The van der Waals surface area contributed by atoms with Gasteiger partial charge in [0, 0.05) is 43.7 Å². The molecule has 52 heavy (non-hydrogen) atoms. The summed E-state index contributed by atoms with van der Waals surface area (Å²) in [5.74, 6) is 0. The van der Waals surface area contributed by atoms with Gasteiger partial charge < -0.3 is 18.8 Å². The summed E-state index contributed by atoms with van der Waals surface area (Å²) >= 11 is 3.62. The summed E-state index contributed by atoms with van der Waals surface area (Å²) in [6.07, 6.45) is 0. The lowest BCUT2D eigenvalue weighted by Crippen LogP contribution is -2.31. The number of benzene rings is 4. The lowest BCUT2D eigenvalue weighted by Gasteiger charge is -2.03. The summed E-state index contributed by atoms with van der Waals surface area (Å²) in [5.41, 5.74) is 8.33. The highest BCUT2D eigenvalue weighted by molar-refractivity contribution is 9.10. The van der Waals surface area contributed by atoms with Gasteiger partial charge in [-0.05, 0) is 58.4 Å². The first-order valence-corrected chi connectivity index (χ1v) is 17.0. The molecule has 10 rings (SSSR count). The second-order valence-electron chi connectivity index (χ2n) is 12.1. The predicted molar refractivity (Wildman–Crippen MR) is 210 cm³/mol. The minimum absolute atomic E-state index is 0.0949. The fourth-order valence-electron chi connectivity index (χ4n) is 7.09. The lowest BCUT2D eigenvalue weighted by atomic mass is 9.79. The molecular weight excluding hydrogens is 723 g/mol. The Morgan fingerprint density at radius 1 is 0.481 bits per heavy atom. The smallest absolute Gasteiger partial charge is 0.423 e. The van der Waals surface area contributed by atoms with Crippen LogP contribution in [0.4, 0.5) is 11.4 Å². The van der Waals surface area contributed by atoms with Gasteiger partial charge in [0.25, 0.3) is 11.4 Å². The molecule has 0 saturated heterocycles. The molecule has 12 heteroatoms. The third-order valence-corrected chi connectivity index (χ3v) is 9.92. The Kier molecular flexibility index (Phi) is 8.27. The molecule has 10 nitrogen and oxygen atoms in total. The number of hydrogen-bond acceptors (Lipinski definition) is 6. The fourth-order valence-corrected chi connectivity index (χ4v) is 7.62. The van der Waals surface area contributed by atoms with Crippen LogP contribution in [-0.4, -0.2) is 35.8 Å². The molecule has 2 N–H and O–H groups in total. The van der Waals surface area contributed by atoms with Crippen LogP contribution in [0.5, 0.6) is 0 Å². The van der Waals surface area contributed by atoms with E-state index in [1.807, 2.05) is 36.4 Å². The number of para-hydroxylation sites is 2. The molecule has 0 aliphatic rings. The van der Waals surface area contributed by atoms with Crippen molar-refractivity contribution in [2.24, 2.45) is 0 Å². The zero-order valence-corrected chi connectivity index (χ0v) is 28.7. The predicted octanol–water partition coefficient (Wildman–Crippen LogP) is 8.98. The number of nitro groups is 2. The Morgan fingerprint density at radius 2 is 0.923 bits per heavy atom. The van der Waals surface area contributed by atoms with Gasteiger partial charge in [0.2, 0.25) is 0 Å². The van der Waals surface area contributed by atoms with Crippen LogP contribution in [0.15, 0.2) is 150 Å². The van der Waals surface area contributed by atoms with Crippen molar-refractivity contribution in [1.29, 1.82) is 0 Å². The first-order chi connectivity index (χ1) is 25.2. The topological polar surface area (TPSA) is 136 Å². The number of halogens is 1. The highest BCUT2D eigenvalue weighted by atomic mass is 79.9. The number of hydrogen-bond donors (Lipinski definition) is 2. The second-order valence-corrected chi connectivity index (χ2v) is 13.0. The third kappa shape index (κ3) is 5.37. The van der Waals surface area contributed by atoms with Crippen molar-refractivity contribution >= 4 is 94.5 Å². The number of nitro benzene ring substituents is 2. The first kappa shape index (κ1) is 32.8. The molecule has 0 bridgehead atoms. The van der Waals surface area contributed by atoms with Gasteiger partial charge in [-0.3, -0.25) is 20.2 Å². The molecule has 0 unspecified atom stereocenters. The number of nitrogens with zero attached hydrogens (tertiary/aromatic N) is 4. The van der Waals surface area contributed by atoms with E-state index in [-0.39, 0.29) is 21.8 Å². The van der Waals surface area contributed by atoms with Crippen molar-refractivity contribution in [3.63, 3.8) is 0 Å². The summed E-state index contributed by atoms with van der Waals surface area (Å²) in [5, 5.41) is 44.2. The van der Waals surface area contributed by atoms with Crippen molar-refractivity contribution in [3.8, 4) is 11.1 Å². The standard InChI is InChI=1S/C20H12N2O2.C14H8BrN.C6H6BNO4/c23-22(24)19-9-4-3-8-15(19)16-12-20-14-7-2-1-6-13(14)17-10-5-11-18(16)21(17)20;15-11-8-14-10-5-2-1-4-9(10)12-6-3-7-13(11)16(12)14;9-7(10)5-3-1-2-4-6(5)8(11)12/h1-12H;1-8H;1-4,9-10H. The summed E-state index contributed by atoms with van der Waals surface area (Å²) in [4.78, 5) is 20.8. The molecule has 0 fully saturated rings. The fraction of sp³-hybridized carbons (Fsp3) is 0. The van der Waals surface area contributed by atoms with Crippen molar-refractivity contribution in [1.82, 2.24) is 8.80 Å². The van der Waals surface area contributed by atoms with Crippen LogP contribution in [0, 0.1) is 20.2 Å². The van der Waals surface area contributed by atoms with E-state index in [0.717, 1.165) is 22.1 Å². The minimum Gasteiger partial charge on any atom is -0.423 e. The summed E-state index contributed by atoms with van der Waals surface area (Å²) in [6.45, 7) is 0. The maximum atomic E-state index is 11.4. The third-order valence-electron chi connectivity index (χ3n) is 9.29.